The number of nitrogens with zero attached hydrogens (tertiary/aromatic N) is 1. The molecule has 0 aliphatic carbocycles. The molecule has 1 amide bonds. The molecule has 0 aliphatic heterocycles. The van der Waals surface area contributed by atoms with Crippen LogP contribution in [0.5, 0.6) is 0 Å². The van der Waals surface area contributed by atoms with Crippen molar-refractivity contribution in [1.29, 1.82) is 0 Å². The molecule has 0 radical (unpaired) electrons. The van der Waals surface area contributed by atoms with Crippen LogP contribution in [0.2, 0.25) is 0 Å². The van der Waals surface area contributed by atoms with Crippen LogP contribution in [0.1, 0.15) is 27.6 Å². The minimum absolute atomic E-state index is 0.0492. The van der Waals surface area contributed by atoms with Crippen molar-refractivity contribution in [1.82, 2.24) is 4.57 Å². The van der Waals surface area contributed by atoms with Crippen molar-refractivity contribution < 1.29 is 19.1 Å². The Morgan fingerprint density at radius 1 is 1.04 bits per heavy atom. The quantitative estimate of drug-likeness (QED) is 0.566. The fraction of sp³-hybridized carbons (Fsp3) is 0.150. The molecule has 0 fully saturated rings. The molecule has 3 aromatic rings. The monoisotopic (exact) mass is 350 g/mol. The Bertz CT molecular complexity index is 987. The molecule has 1 heterocycles. The fourth-order valence-electron chi connectivity index (χ4n) is 2.70. The largest absolute Gasteiger partial charge is 0.452 e. The van der Waals surface area contributed by atoms with Gasteiger partial charge >= 0.3 is 5.97 Å². The van der Waals surface area contributed by atoms with Crippen LogP contribution in [-0.2, 0) is 16.6 Å². The summed E-state index contributed by atoms with van der Waals surface area (Å²) >= 11 is 0. The number of benzene rings is 2. The first-order valence-corrected chi connectivity index (χ1v) is 8.08. The van der Waals surface area contributed by atoms with Gasteiger partial charge in [-0.1, -0.05) is 18.2 Å². The number of carbonyl (C=O) groups excluding carboxylic acids is 3. The molecule has 6 nitrogen and oxygen atoms in total. The lowest BCUT2D eigenvalue weighted by atomic mass is 10.1. The molecule has 6 heteroatoms. The van der Waals surface area contributed by atoms with E-state index in [2.05, 4.69) is 5.32 Å². The lowest BCUT2D eigenvalue weighted by Gasteiger charge is -2.07. The number of ether oxygens (including phenoxy) is 1. The number of fused-ring (bicyclic) bond motifs is 1. The van der Waals surface area contributed by atoms with Crippen LogP contribution < -0.4 is 5.32 Å². The lowest BCUT2D eigenvalue weighted by Crippen LogP contribution is -2.20. The van der Waals surface area contributed by atoms with Crippen molar-refractivity contribution in [3.05, 3.63) is 65.9 Å². The number of amides is 1. The van der Waals surface area contributed by atoms with E-state index in [1.807, 2.05) is 35.9 Å². The Kier molecular flexibility index (Phi) is 4.84. The summed E-state index contributed by atoms with van der Waals surface area (Å²) in [5.41, 5.74) is 2.42. The summed E-state index contributed by atoms with van der Waals surface area (Å²) < 4.78 is 6.96. The fourth-order valence-corrected chi connectivity index (χ4v) is 2.70. The second-order valence-electron chi connectivity index (χ2n) is 5.93. The molecule has 0 saturated carbocycles. The average Bonchev–Trinajstić information content (AvgIpc) is 2.97. The van der Waals surface area contributed by atoms with E-state index in [-0.39, 0.29) is 5.78 Å². The zero-order chi connectivity index (χ0) is 18.7. The first-order chi connectivity index (χ1) is 12.5. The van der Waals surface area contributed by atoms with Gasteiger partial charge in [-0.25, -0.2) is 4.79 Å². The number of aromatic nitrogens is 1. The number of hydrogen-bond donors (Lipinski definition) is 1. The maximum atomic E-state index is 12.3. The van der Waals surface area contributed by atoms with Gasteiger partial charge in [-0.3, -0.25) is 9.59 Å². The number of carbonyl (C=O) groups is 3. The predicted molar refractivity (Wildman–Crippen MR) is 98.3 cm³/mol. The van der Waals surface area contributed by atoms with E-state index in [1.165, 1.54) is 6.92 Å². The second kappa shape index (κ2) is 7.23. The highest BCUT2D eigenvalue weighted by Gasteiger charge is 2.16. The van der Waals surface area contributed by atoms with E-state index in [0.717, 1.165) is 10.9 Å². The van der Waals surface area contributed by atoms with Crippen molar-refractivity contribution >= 4 is 34.3 Å². The van der Waals surface area contributed by atoms with Gasteiger partial charge in [-0.2, -0.15) is 0 Å². The van der Waals surface area contributed by atoms with E-state index < -0.39 is 18.5 Å². The Balaban J connectivity index is 1.62. The molecular weight excluding hydrogens is 332 g/mol. The number of para-hydroxylation sites is 1. The topological polar surface area (TPSA) is 77.4 Å². The first kappa shape index (κ1) is 17.4. The summed E-state index contributed by atoms with van der Waals surface area (Å²) in [6.07, 6.45) is 1.69. The van der Waals surface area contributed by atoms with Crippen LogP contribution in [0.4, 0.5) is 5.69 Å². The number of hydrogen-bond acceptors (Lipinski definition) is 4. The third kappa shape index (κ3) is 3.64. The summed E-state index contributed by atoms with van der Waals surface area (Å²) in [4.78, 5) is 35.5. The van der Waals surface area contributed by atoms with Gasteiger partial charge in [0, 0.05) is 35.4 Å². The SMILES string of the molecule is CC(=O)c1ccc(NC(=O)COC(=O)c2cn(C)c3ccccc23)cc1. The maximum absolute atomic E-state index is 12.3. The van der Waals surface area contributed by atoms with E-state index >= 15 is 0 Å². The van der Waals surface area contributed by atoms with Crippen molar-refractivity contribution in [2.45, 2.75) is 6.92 Å². The lowest BCUT2D eigenvalue weighted by molar-refractivity contribution is -0.119. The van der Waals surface area contributed by atoms with E-state index in [9.17, 15) is 14.4 Å². The molecule has 26 heavy (non-hydrogen) atoms. The van der Waals surface area contributed by atoms with Crippen LogP contribution in [-0.4, -0.2) is 28.8 Å². The summed E-state index contributed by atoms with van der Waals surface area (Å²) in [5, 5.41) is 3.40. The van der Waals surface area contributed by atoms with Crippen LogP contribution in [0, 0.1) is 0 Å². The van der Waals surface area contributed by atoms with Gasteiger partial charge in [-0.05, 0) is 37.3 Å². The molecule has 0 bridgehead atoms. The predicted octanol–water partition coefficient (Wildman–Crippen LogP) is 3.18. The van der Waals surface area contributed by atoms with Gasteiger partial charge in [0.25, 0.3) is 5.91 Å². The van der Waals surface area contributed by atoms with Gasteiger partial charge in [0.2, 0.25) is 0 Å². The van der Waals surface area contributed by atoms with E-state index in [1.54, 1.807) is 30.5 Å². The number of nitrogens with one attached hydrogen (secondary N) is 1. The van der Waals surface area contributed by atoms with Gasteiger partial charge in [0.15, 0.2) is 12.4 Å². The normalized spacial score (nSPS) is 10.5. The second-order valence-corrected chi connectivity index (χ2v) is 5.93. The Labute approximate surface area is 150 Å². The molecule has 0 unspecified atom stereocenters. The van der Waals surface area contributed by atoms with Crippen LogP contribution in [0.3, 0.4) is 0 Å². The molecule has 132 valence electrons. The average molecular weight is 350 g/mol. The van der Waals surface area contributed by atoms with E-state index in [0.29, 0.717) is 16.8 Å². The number of esters is 1. The van der Waals surface area contributed by atoms with E-state index in [4.69, 9.17) is 4.74 Å². The van der Waals surface area contributed by atoms with Crippen molar-refractivity contribution in [2.24, 2.45) is 7.05 Å². The summed E-state index contributed by atoms with van der Waals surface area (Å²) in [6, 6.07) is 14.0. The molecule has 0 saturated heterocycles. The molecule has 1 N–H and O–H groups in total. The van der Waals surface area contributed by atoms with Gasteiger partial charge in [0.05, 0.1) is 5.56 Å². The smallest absolute Gasteiger partial charge is 0.340 e. The molecule has 0 spiro atoms. The van der Waals surface area contributed by atoms with Gasteiger partial charge in [0.1, 0.15) is 0 Å². The third-order valence-corrected chi connectivity index (χ3v) is 4.03. The zero-order valence-electron chi connectivity index (χ0n) is 14.5. The standard InChI is InChI=1S/C20H18N2O4/c1-13(23)14-7-9-15(10-8-14)21-19(24)12-26-20(25)17-11-22(2)18-6-4-3-5-16(17)18/h3-11H,12H2,1-2H3,(H,21,24). The molecule has 3 rings (SSSR count). The summed E-state index contributed by atoms with van der Waals surface area (Å²) in [7, 11) is 1.84. The minimum Gasteiger partial charge on any atom is -0.452 e. The zero-order valence-corrected chi connectivity index (χ0v) is 14.5. The van der Waals surface area contributed by atoms with Crippen molar-refractivity contribution in [2.75, 3.05) is 11.9 Å². The van der Waals surface area contributed by atoms with Crippen LogP contribution in [0.25, 0.3) is 10.9 Å². The Morgan fingerprint density at radius 2 is 1.73 bits per heavy atom. The number of ketones is 1. The highest BCUT2D eigenvalue weighted by atomic mass is 16.5. The molecule has 0 aliphatic rings. The van der Waals surface area contributed by atoms with Crippen LogP contribution >= 0.6 is 0 Å². The number of Topliss-reactive ketones (excluding diaryl/α,β-unsaturated/α-hetero) is 1. The number of anilines is 1. The Morgan fingerprint density at radius 3 is 2.42 bits per heavy atom. The molecular formula is C20H18N2O4. The summed E-state index contributed by atoms with van der Waals surface area (Å²) in [5.74, 6) is -1.05. The van der Waals surface area contributed by atoms with Crippen molar-refractivity contribution in [3.8, 4) is 0 Å². The number of rotatable bonds is 5. The summed E-state index contributed by atoms with van der Waals surface area (Å²) in [6.45, 7) is 1.08. The van der Waals surface area contributed by atoms with Gasteiger partial charge in [-0.15, -0.1) is 0 Å². The number of aryl methyl sites for hydroxylation is 1. The minimum atomic E-state index is -0.552. The van der Waals surface area contributed by atoms with Crippen molar-refractivity contribution in [3.63, 3.8) is 0 Å². The highest BCUT2D eigenvalue weighted by Crippen LogP contribution is 2.21. The van der Waals surface area contributed by atoms with Gasteiger partial charge < -0.3 is 14.6 Å². The first-order valence-electron chi connectivity index (χ1n) is 8.08. The maximum Gasteiger partial charge on any atom is 0.340 e. The molecule has 0 atom stereocenters. The Hall–Kier alpha value is -3.41. The van der Waals surface area contributed by atoms with Crippen LogP contribution in [0.15, 0.2) is 54.7 Å². The molecule has 2 aromatic carbocycles. The third-order valence-electron chi connectivity index (χ3n) is 4.03. The molecule has 1 aromatic heterocycles. The highest BCUT2D eigenvalue weighted by molar-refractivity contribution is 6.05.